The van der Waals surface area contributed by atoms with E-state index in [0.29, 0.717) is 17.7 Å². The first kappa shape index (κ1) is 21.1. The molecule has 30 heavy (non-hydrogen) atoms. The molecule has 5 nitrogen and oxygen atoms in total. The Labute approximate surface area is 176 Å². The largest absolute Gasteiger partial charge is 0.482 e. The summed E-state index contributed by atoms with van der Waals surface area (Å²) in [7, 11) is 3.25. The Morgan fingerprint density at radius 2 is 1.43 bits per heavy atom. The van der Waals surface area contributed by atoms with Crippen LogP contribution in [0.25, 0.3) is 0 Å². The van der Waals surface area contributed by atoms with Crippen LogP contribution in [0.5, 0.6) is 5.75 Å². The van der Waals surface area contributed by atoms with Gasteiger partial charge in [0, 0.05) is 26.1 Å². The number of nitrogens with zero attached hydrogens (tertiary/aromatic N) is 1. The lowest BCUT2D eigenvalue weighted by Gasteiger charge is -2.21. The van der Waals surface area contributed by atoms with E-state index in [1.807, 2.05) is 60.7 Å². The molecule has 154 valence electrons. The van der Waals surface area contributed by atoms with Gasteiger partial charge < -0.3 is 14.4 Å². The topological polar surface area (TPSA) is 55.8 Å². The van der Waals surface area contributed by atoms with Gasteiger partial charge in [0.1, 0.15) is 5.75 Å². The molecule has 1 amide bonds. The Hall–Kier alpha value is -3.60. The predicted octanol–water partition coefficient (Wildman–Crippen LogP) is 4.03. The van der Waals surface area contributed by atoms with E-state index in [1.54, 1.807) is 38.4 Å². The number of rotatable bonds is 8. The maximum absolute atomic E-state index is 12.5. The van der Waals surface area contributed by atoms with Gasteiger partial charge in [-0.15, -0.1) is 0 Å². The zero-order valence-electron chi connectivity index (χ0n) is 17.2. The highest BCUT2D eigenvalue weighted by atomic mass is 16.6. The van der Waals surface area contributed by atoms with Crippen molar-refractivity contribution in [1.29, 1.82) is 0 Å². The molecule has 0 heterocycles. The van der Waals surface area contributed by atoms with Crippen LogP contribution in [-0.2, 0) is 20.7 Å². The SMILES string of the molecule is CN(C)C(=O)[C@@H](OC(=O)COc1ccccc1Cc1ccccc1)c1ccccc1. The zero-order valence-corrected chi connectivity index (χ0v) is 17.2. The number of ether oxygens (including phenoxy) is 2. The molecule has 1 atom stereocenters. The summed E-state index contributed by atoms with van der Waals surface area (Å²) in [5.74, 6) is -0.291. The highest BCUT2D eigenvalue weighted by Gasteiger charge is 2.26. The first-order valence-corrected chi connectivity index (χ1v) is 9.75. The molecule has 3 aromatic carbocycles. The molecule has 0 N–H and O–H groups in total. The second-order valence-electron chi connectivity index (χ2n) is 7.07. The highest BCUT2D eigenvalue weighted by molar-refractivity contribution is 5.85. The average Bonchev–Trinajstić information content (AvgIpc) is 2.77. The molecule has 0 bridgehead atoms. The van der Waals surface area contributed by atoms with Crippen LogP contribution in [0, 0.1) is 0 Å². The maximum atomic E-state index is 12.5. The fraction of sp³-hybridized carbons (Fsp3) is 0.200. The number of carbonyl (C=O) groups is 2. The first-order valence-electron chi connectivity index (χ1n) is 9.75. The maximum Gasteiger partial charge on any atom is 0.345 e. The van der Waals surface area contributed by atoms with Gasteiger partial charge in [0.05, 0.1) is 0 Å². The summed E-state index contributed by atoms with van der Waals surface area (Å²) in [4.78, 5) is 26.4. The number of hydrogen-bond acceptors (Lipinski definition) is 4. The third-order valence-electron chi connectivity index (χ3n) is 4.57. The summed E-state index contributed by atoms with van der Waals surface area (Å²) in [5.41, 5.74) is 2.74. The van der Waals surface area contributed by atoms with Crippen molar-refractivity contribution in [2.45, 2.75) is 12.5 Å². The number of para-hydroxylation sites is 1. The van der Waals surface area contributed by atoms with Gasteiger partial charge in [-0.25, -0.2) is 4.79 Å². The van der Waals surface area contributed by atoms with Gasteiger partial charge in [-0.1, -0.05) is 78.9 Å². The normalized spacial score (nSPS) is 11.4. The van der Waals surface area contributed by atoms with Crippen molar-refractivity contribution in [2.24, 2.45) is 0 Å². The van der Waals surface area contributed by atoms with Gasteiger partial charge in [0.2, 0.25) is 6.10 Å². The lowest BCUT2D eigenvalue weighted by Crippen LogP contribution is -2.32. The number of carbonyl (C=O) groups excluding carboxylic acids is 2. The van der Waals surface area contributed by atoms with Crippen LogP contribution in [0.2, 0.25) is 0 Å². The van der Waals surface area contributed by atoms with Crippen LogP contribution in [-0.4, -0.2) is 37.5 Å². The standard InChI is InChI=1S/C25H25NO4/c1-26(2)25(28)24(20-13-7-4-8-14-20)30-23(27)18-29-22-16-10-9-15-21(22)17-19-11-5-3-6-12-19/h3-16,24H,17-18H2,1-2H3/t24-/m0/s1. The van der Waals surface area contributed by atoms with E-state index in [2.05, 4.69) is 0 Å². The van der Waals surface area contributed by atoms with Crippen molar-refractivity contribution in [1.82, 2.24) is 4.90 Å². The molecule has 0 spiro atoms. The monoisotopic (exact) mass is 403 g/mol. The Kier molecular flexibility index (Phi) is 7.22. The van der Waals surface area contributed by atoms with Crippen LogP contribution < -0.4 is 4.74 Å². The number of benzene rings is 3. The molecule has 5 heteroatoms. The molecular formula is C25H25NO4. The lowest BCUT2D eigenvalue weighted by molar-refractivity contribution is -0.161. The Morgan fingerprint density at radius 1 is 0.833 bits per heavy atom. The molecule has 0 radical (unpaired) electrons. The van der Waals surface area contributed by atoms with Gasteiger partial charge in [0.15, 0.2) is 6.61 Å². The van der Waals surface area contributed by atoms with Crippen molar-refractivity contribution in [3.05, 3.63) is 102 Å². The van der Waals surface area contributed by atoms with Crippen molar-refractivity contribution in [3.8, 4) is 5.75 Å². The molecule has 0 aliphatic rings. The molecule has 0 aliphatic heterocycles. The smallest absolute Gasteiger partial charge is 0.345 e. The summed E-state index contributed by atoms with van der Waals surface area (Å²) in [6, 6.07) is 26.6. The Balaban J connectivity index is 1.67. The summed E-state index contributed by atoms with van der Waals surface area (Å²) >= 11 is 0. The molecule has 0 fully saturated rings. The quantitative estimate of drug-likeness (QED) is 0.533. The second-order valence-corrected chi connectivity index (χ2v) is 7.07. The fourth-order valence-corrected chi connectivity index (χ4v) is 3.03. The number of amides is 1. The van der Waals surface area contributed by atoms with Crippen LogP contribution in [0.1, 0.15) is 22.8 Å². The Morgan fingerprint density at radius 3 is 2.10 bits per heavy atom. The number of hydrogen-bond donors (Lipinski definition) is 0. The van der Waals surface area contributed by atoms with E-state index >= 15 is 0 Å². The summed E-state index contributed by atoms with van der Waals surface area (Å²) < 4.78 is 11.2. The van der Waals surface area contributed by atoms with E-state index < -0.39 is 12.1 Å². The molecule has 0 unspecified atom stereocenters. The molecule has 3 aromatic rings. The van der Waals surface area contributed by atoms with Gasteiger partial charge in [-0.2, -0.15) is 0 Å². The van der Waals surface area contributed by atoms with Crippen LogP contribution in [0.3, 0.4) is 0 Å². The minimum Gasteiger partial charge on any atom is -0.482 e. The van der Waals surface area contributed by atoms with Crippen molar-refractivity contribution >= 4 is 11.9 Å². The minimum atomic E-state index is -1.00. The predicted molar refractivity (Wildman–Crippen MR) is 115 cm³/mol. The molecule has 3 rings (SSSR count). The molecule has 0 aromatic heterocycles. The van der Waals surface area contributed by atoms with Gasteiger partial charge >= 0.3 is 5.97 Å². The molecule has 0 aliphatic carbocycles. The molecule has 0 saturated heterocycles. The molecule has 0 saturated carbocycles. The van der Waals surface area contributed by atoms with Crippen molar-refractivity contribution < 1.29 is 19.1 Å². The Bertz CT molecular complexity index is 971. The first-order chi connectivity index (χ1) is 14.5. The fourth-order valence-electron chi connectivity index (χ4n) is 3.03. The van der Waals surface area contributed by atoms with E-state index in [4.69, 9.17) is 9.47 Å². The third kappa shape index (κ3) is 5.70. The minimum absolute atomic E-state index is 0.282. The third-order valence-corrected chi connectivity index (χ3v) is 4.57. The van der Waals surface area contributed by atoms with Crippen molar-refractivity contribution in [2.75, 3.05) is 20.7 Å². The van der Waals surface area contributed by atoms with Gasteiger partial charge in [-0.3, -0.25) is 4.79 Å². The lowest BCUT2D eigenvalue weighted by atomic mass is 10.0. The highest BCUT2D eigenvalue weighted by Crippen LogP contribution is 2.23. The summed E-state index contributed by atoms with van der Waals surface area (Å²) in [6.07, 6.45) is -0.311. The summed E-state index contributed by atoms with van der Waals surface area (Å²) in [6.45, 7) is -0.282. The van der Waals surface area contributed by atoms with E-state index in [9.17, 15) is 9.59 Å². The van der Waals surface area contributed by atoms with Gasteiger partial charge in [-0.05, 0) is 17.2 Å². The van der Waals surface area contributed by atoms with E-state index in [-0.39, 0.29) is 12.5 Å². The van der Waals surface area contributed by atoms with E-state index in [1.165, 1.54) is 4.90 Å². The number of likely N-dealkylation sites (N-methyl/N-ethyl adjacent to an activating group) is 1. The van der Waals surface area contributed by atoms with Crippen molar-refractivity contribution in [3.63, 3.8) is 0 Å². The number of esters is 1. The van der Waals surface area contributed by atoms with Gasteiger partial charge in [0.25, 0.3) is 5.91 Å². The second kappa shape index (κ2) is 10.3. The molecular weight excluding hydrogens is 378 g/mol. The van der Waals surface area contributed by atoms with Crippen LogP contribution in [0.15, 0.2) is 84.9 Å². The van der Waals surface area contributed by atoms with E-state index in [0.717, 1.165) is 11.1 Å². The summed E-state index contributed by atoms with van der Waals surface area (Å²) in [5, 5.41) is 0. The zero-order chi connectivity index (χ0) is 21.3. The average molecular weight is 403 g/mol. The van der Waals surface area contributed by atoms with Crippen LogP contribution in [0.4, 0.5) is 0 Å². The van der Waals surface area contributed by atoms with Crippen LogP contribution >= 0.6 is 0 Å².